The van der Waals surface area contributed by atoms with Crippen molar-refractivity contribution < 1.29 is 4.74 Å². The number of rotatable bonds is 4. The van der Waals surface area contributed by atoms with Crippen LogP contribution in [0.1, 0.15) is 21.1 Å². The molecule has 3 nitrogen and oxygen atoms in total. The number of aryl methyl sites for hydroxylation is 2. The van der Waals surface area contributed by atoms with Gasteiger partial charge in [-0.1, -0.05) is 18.2 Å². The second-order valence-electron chi connectivity index (χ2n) is 4.92. The van der Waals surface area contributed by atoms with Crippen LogP contribution in [0.4, 0.5) is 0 Å². The zero-order chi connectivity index (χ0) is 13.2. The molecule has 0 radical (unpaired) electrons. The van der Waals surface area contributed by atoms with Gasteiger partial charge < -0.3 is 10.1 Å². The van der Waals surface area contributed by atoms with Crippen molar-refractivity contribution in [3.05, 3.63) is 45.4 Å². The van der Waals surface area contributed by atoms with E-state index in [-0.39, 0.29) is 6.10 Å². The summed E-state index contributed by atoms with van der Waals surface area (Å²) in [5, 5.41) is 4.62. The number of benzene rings is 1. The van der Waals surface area contributed by atoms with Crippen LogP contribution < -0.4 is 10.1 Å². The van der Waals surface area contributed by atoms with E-state index in [0.29, 0.717) is 0 Å². The fourth-order valence-corrected chi connectivity index (χ4v) is 3.36. The van der Waals surface area contributed by atoms with Crippen LogP contribution in [0.3, 0.4) is 0 Å². The molecule has 1 aliphatic heterocycles. The molecule has 2 heterocycles. The summed E-state index contributed by atoms with van der Waals surface area (Å²) < 4.78 is 5.91. The molecule has 3 rings (SSSR count). The molecule has 1 aromatic carbocycles. The van der Waals surface area contributed by atoms with Crippen molar-refractivity contribution >= 4 is 11.3 Å². The molecule has 1 N–H and O–H groups in total. The molecule has 0 amide bonds. The van der Waals surface area contributed by atoms with Gasteiger partial charge in [-0.05, 0) is 25.5 Å². The second-order valence-corrected chi connectivity index (χ2v) is 6.21. The zero-order valence-electron chi connectivity index (χ0n) is 11.3. The van der Waals surface area contributed by atoms with E-state index >= 15 is 0 Å². The third-order valence-electron chi connectivity index (χ3n) is 3.37. The van der Waals surface area contributed by atoms with Gasteiger partial charge in [0.05, 0.1) is 10.7 Å². The van der Waals surface area contributed by atoms with Crippen LogP contribution >= 0.6 is 11.3 Å². The lowest BCUT2D eigenvalue weighted by Gasteiger charge is -2.11. The third kappa shape index (κ3) is 2.80. The standard InChI is InChI=1S/C15H18N2OS/c1-10-15(19-11(2)17-10)9-16-8-13-7-12-5-3-4-6-14(12)18-13/h3-6,13,16H,7-9H2,1-2H3. The molecule has 0 saturated carbocycles. The number of aromatic nitrogens is 1. The number of thiazole rings is 1. The number of hydrogen-bond acceptors (Lipinski definition) is 4. The molecule has 0 bridgehead atoms. The quantitative estimate of drug-likeness (QED) is 0.931. The number of ether oxygens (including phenoxy) is 1. The van der Waals surface area contributed by atoms with Crippen molar-refractivity contribution in [1.29, 1.82) is 0 Å². The van der Waals surface area contributed by atoms with E-state index in [4.69, 9.17) is 4.74 Å². The van der Waals surface area contributed by atoms with Gasteiger partial charge in [0.1, 0.15) is 11.9 Å². The summed E-state index contributed by atoms with van der Waals surface area (Å²) in [6.07, 6.45) is 1.26. The Bertz CT molecular complexity index is 554. The van der Waals surface area contributed by atoms with E-state index in [1.807, 2.05) is 12.1 Å². The summed E-state index contributed by atoms with van der Waals surface area (Å²) in [7, 11) is 0. The number of para-hydroxylation sites is 1. The third-order valence-corrected chi connectivity index (χ3v) is 4.44. The SMILES string of the molecule is Cc1nc(C)c(CNCC2Cc3ccccc3O2)s1. The molecule has 1 aromatic heterocycles. The van der Waals surface area contributed by atoms with Crippen LogP contribution in [0.5, 0.6) is 5.75 Å². The van der Waals surface area contributed by atoms with E-state index < -0.39 is 0 Å². The highest BCUT2D eigenvalue weighted by Gasteiger charge is 2.21. The molecule has 100 valence electrons. The summed E-state index contributed by atoms with van der Waals surface area (Å²) >= 11 is 1.77. The molecule has 1 atom stereocenters. The van der Waals surface area contributed by atoms with E-state index in [0.717, 1.165) is 36.0 Å². The minimum absolute atomic E-state index is 0.256. The van der Waals surface area contributed by atoms with Gasteiger partial charge in [-0.15, -0.1) is 11.3 Å². The fraction of sp³-hybridized carbons (Fsp3) is 0.400. The van der Waals surface area contributed by atoms with Crippen molar-refractivity contribution in [3.63, 3.8) is 0 Å². The van der Waals surface area contributed by atoms with E-state index in [9.17, 15) is 0 Å². The maximum absolute atomic E-state index is 5.91. The van der Waals surface area contributed by atoms with Crippen LogP contribution in [0.2, 0.25) is 0 Å². The monoisotopic (exact) mass is 274 g/mol. The summed E-state index contributed by atoms with van der Waals surface area (Å²) in [6, 6.07) is 8.29. The van der Waals surface area contributed by atoms with E-state index in [1.54, 1.807) is 11.3 Å². The smallest absolute Gasteiger partial charge is 0.123 e. The van der Waals surface area contributed by atoms with Crippen LogP contribution in [0.25, 0.3) is 0 Å². The Kier molecular flexibility index (Phi) is 3.53. The highest BCUT2D eigenvalue weighted by atomic mass is 32.1. The van der Waals surface area contributed by atoms with Gasteiger partial charge in [0.2, 0.25) is 0 Å². The number of fused-ring (bicyclic) bond motifs is 1. The Balaban J connectivity index is 1.51. The predicted molar refractivity (Wildman–Crippen MR) is 77.9 cm³/mol. The maximum Gasteiger partial charge on any atom is 0.123 e. The van der Waals surface area contributed by atoms with Gasteiger partial charge >= 0.3 is 0 Å². The Morgan fingerprint density at radius 3 is 2.95 bits per heavy atom. The molecule has 0 saturated heterocycles. The van der Waals surface area contributed by atoms with Crippen molar-refractivity contribution in [3.8, 4) is 5.75 Å². The van der Waals surface area contributed by atoms with Crippen molar-refractivity contribution in [1.82, 2.24) is 10.3 Å². The van der Waals surface area contributed by atoms with Gasteiger partial charge in [-0.2, -0.15) is 0 Å². The first-order valence-corrected chi connectivity index (χ1v) is 7.42. The molecule has 0 spiro atoms. The predicted octanol–water partition coefficient (Wildman–Crippen LogP) is 2.85. The molecule has 2 aromatic rings. The van der Waals surface area contributed by atoms with Crippen molar-refractivity contribution in [2.45, 2.75) is 32.9 Å². The number of nitrogens with one attached hydrogen (secondary N) is 1. The topological polar surface area (TPSA) is 34.2 Å². The first-order valence-electron chi connectivity index (χ1n) is 6.60. The van der Waals surface area contributed by atoms with Crippen molar-refractivity contribution in [2.75, 3.05) is 6.54 Å². The first-order chi connectivity index (χ1) is 9.22. The Morgan fingerprint density at radius 1 is 1.37 bits per heavy atom. The Hall–Kier alpha value is -1.39. The zero-order valence-corrected chi connectivity index (χ0v) is 12.1. The van der Waals surface area contributed by atoms with Gasteiger partial charge in [0.25, 0.3) is 0 Å². The van der Waals surface area contributed by atoms with Crippen LogP contribution in [0, 0.1) is 13.8 Å². The molecule has 19 heavy (non-hydrogen) atoms. The molecule has 0 fully saturated rings. The largest absolute Gasteiger partial charge is 0.488 e. The van der Waals surface area contributed by atoms with Crippen molar-refractivity contribution in [2.24, 2.45) is 0 Å². The van der Waals surface area contributed by atoms with Crippen LogP contribution in [0.15, 0.2) is 24.3 Å². The minimum Gasteiger partial charge on any atom is -0.488 e. The Labute approximate surface area is 117 Å². The van der Waals surface area contributed by atoms with E-state index in [2.05, 4.69) is 36.3 Å². The Morgan fingerprint density at radius 2 is 2.21 bits per heavy atom. The van der Waals surface area contributed by atoms with Gasteiger partial charge in [0, 0.05) is 24.4 Å². The molecule has 1 aliphatic rings. The summed E-state index contributed by atoms with van der Waals surface area (Å²) in [4.78, 5) is 5.77. The van der Waals surface area contributed by atoms with Gasteiger partial charge in [-0.3, -0.25) is 0 Å². The second kappa shape index (κ2) is 5.31. The molecular weight excluding hydrogens is 256 g/mol. The first kappa shape index (κ1) is 12.6. The maximum atomic E-state index is 5.91. The number of nitrogens with zero attached hydrogens (tertiary/aromatic N) is 1. The van der Waals surface area contributed by atoms with Gasteiger partial charge in [-0.25, -0.2) is 4.98 Å². The lowest BCUT2D eigenvalue weighted by Crippen LogP contribution is -2.29. The molecule has 4 heteroatoms. The lowest BCUT2D eigenvalue weighted by atomic mass is 10.1. The molecular formula is C15H18N2OS. The highest BCUT2D eigenvalue weighted by molar-refractivity contribution is 7.11. The molecule has 0 aliphatic carbocycles. The van der Waals surface area contributed by atoms with Crippen LogP contribution in [-0.2, 0) is 13.0 Å². The normalized spacial score (nSPS) is 17.3. The number of hydrogen-bond donors (Lipinski definition) is 1. The minimum atomic E-state index is 0.256. The van der Waals surface area contributed by atoms with Crippen LogP contribution in [-0.4, -0.2) is 17.6 Å². The average molecular weight is 274 g/mol. The summed E-state index contributed by atoms with van der Waals surface area (Å²) in [5.41, 5.74) is 2.46. The highest BCUT2D eigenvalue weighted by Crippen LogP contribution is 2.27. The van der Waals surface area contributed by atoms with Gasteiger partial charge in [0.15, 0.2) is 0 Å². The van der Waals surface area contributed by atoms with E-state index in [1.165, 1.54) is 10.4 Å². The fourth-order valence-electron chi connectivity index (χ4n) is 2.45. The summed E-state index contributed by atoms with van der Waals surface area (Å²) in [6.45, 7) is 5.89. The average Bonchev–Trinajstić information content (AvgIpc) is 2.92. The summed E-state index contributed by atoms with van der Waals surface area (Å²) in [5.74, 6) is 1.04. The molecule has 1 unspecified atom stereocenters. The lowest BCUT2D eigenvalue weighted by molar-refractivity contribution is 0.227.